The van der Waals surface area contributed by atoms with E-state index in [1.807, 2.05) is 0 Å². The van der Waals surface area contributed by atoms with Gasteiger partial charge in [-0.15, -0.1) is 0 Å². The minimum absolute atomic E-state index is 0.0608. The van der Waals surface area contributed by atoms with Gasteiger partial charge in [-0.2, -0.15) is 0 Å². The van der Waals surface area contributed by atoms with Crippen LogP contribution in [0.2, 0.25) is 0 Å². The Morgan fingerprint density at radius 2 is 1.37 bits per heavy atom. The highest BCUT2D eigenvalue weighted by atomic mass is 32.2. The molecule has 9 nitrogen and oxygen atoms in total. The highest BCUT2D eigenvalue weighted by molar-refractivity contribution is 7.83. The van der Waals surface area contributed by atoms with E-state index in [0.717, 1.165) is 0 Å². The number of urea groups is 1. The van der Waals surface area contributed by atoms with Crippen LogP contribution < -0.4 is 10.6 Å². The molecule has 0 aromatic heterocycles. The summed E-state index contributed by atoms with van der Waals surface area (Å²) in [6.07, 6.45) is 3.28. The van der Waals surface area contributed by atoms with Crippen molar-refractivity contribution in [1.29, 1.82) is 0 Å². The van der Waals surface area contributed by atoms with Crippen molar-refractivity contribution >= 4 is 39.9 Å². The molecular formula is C17H19N3O6S. The molecule has 2 N–H and O–H groups in total. The Balaban J connectivity index is 0.000000828. The Hall–Kier alpha value is -3.27. The fraction of sp³-hybridized carbons (Fsp3) is 0.176. The van der Waals surface area contributed by atoms with Crippen LogP contribution in [0.3, 0.4) is 0 Å². The van der Waals surface area contributed by atoms with E-state index < -0.39 is 27.7 Å². The second-order valence-corrected chi connectivity index (χ2v) is 6.68. The molecule has 0 aliphatic carbocycles. The molecule has 0 fully saturated rings. The molecule has 0 radical (unpaired) electrons. The van der Waals surface area contributed by atoms with Gasteiger partial charge in [0.1, 0.15) is 0 Å². The molecule has 2 aromatic rings. The van der Waals surface area contributed by atoms with Crippen molar-refractivity contribution in [3.8, 4) is 0 Å². The van der Waals surface area contributed by atoms with Gasteiger partial charge in [-0.3, -0.25) is 14.3 Å². The number of carbonyl (C=O) groups is 2. The first kappa shape index (κ1) is 21.8. The summed E-state index contributed by atoms with van der Waals surface area (Å²) in [6.45, 7) is 0. The number of benzene rings is 2. The topological polar surface area (TPSA) is 128 Å². The number of amides is 2. The molecule has 2 amide bonds. The first-order valence-electron chi connectivity index (χ1n) is 7.49. The second-order valence-electron chi connectivity index (χ2n) is 5.19. The van der Waals surface area contributed by atoms with E-state index >= 15 is 0 Å². The third kappa shape index (κ3) is 8.10. The first-order chi connectivity index (χ1) is 12.7. The SMILES string of the molecule is COC(=O)c1ccc(NC(=O)Nc2ccc([N+](=O)[O-])cc2)cc1.CS(C)=O. The van der Waals surface area contributed by atoms with E-state index in [-0.39, 0.29) is 5.69 Å². The third-order valence-electron chi connectivity index (χ3n) is 2.90. The van der Waals surface area contributed by atoms with Gasteiger partial charge in [0.25, 0.3) is 5.69 Å². The summed E-state index contributed by atoms with van der Waals surface area (Å²) in [6, 6.07) is 11.1. The van der Waals surface area contributed by atoms with Gasteiger partial charge >= 0.3 is 12.0 Å². The highest BCUT2D eigenvalue weighted by Gasteiger charge is 2.08. The second kappa shape index (κ2) is 10.7. The number of nitrogens with one attached hydrogen (secondary N) is 2. The molecule has 10 heteroatoms. The Labute approximate surface area is 158 Å². The van der Waals surface area contributed by atoms with Gasteiger partial charge in [0.15, 0.2) is 0 Å². The molecule has 0 unspecified atom stereocenters. The van der Waals surface area contributed by atoms with Crippen LogP contribution in [0.15, 0.2) is 48.5 Å². The lowest BCUT2D eigenvalue weighted by molar-refractivity contribution is -0.384. The maximum absolute atomic E-state index is 11.8. The number of carbonyl (C=O) groups excluding carboxylic acids is 2. The Morgan fingerprint density at radius 1 is 0.963 bits per heavy atom. The lowest BCUT2D eigenvalue weighted by atomic mass is 10.2. The molecule has 144 valence electrons. The van der Waals surface area contributed by atoms with Crippen LogP contribution in [0, 0.1) is 10.1 Å². The van der Waals surface area contributed by atoms with Crippen molar-refractivity contribution in [3.05, 3.63) is 64.2 Å². The fourth-order valence-corrected chi connectivity index (χ4v) is 1.77. The number of non-ortho nitro benzene ring substituents is 1. The minimum atomic E-state index is -0.611. The number of hydrogen-bond donors (Lipinski definition) is 2. The number of anilines is 2. The van der Waals surface area contributed by atoms with Gasteiger partial charge in [0.05, 0.1) is 17.6 Å². The largest absolute Gasteiger partial charge is 0.465 e. The maximum Gasteiger partial charge on any atom is 0.337 e. The zero-order valence-corrected chi connectivity index (χ0v) is 15.7. The van der Waals surface area contributed by atoms with Crippen LogP contribution >= 0.6 is 0 Å². The van der Waals surface area contributed by atoms with Crippen LogP contribution in [0.4, 0.5) is 21.9 Å². The van der Waals surface area contributed by atoms with Gasteiger partial charge in [-0.25, -0.2) is 9.59 Å². The highest BCUT2D eigenvalue weighted by Crippen LogP contribution is 2.16. The average Bonchev–Trinajstić information content (AvgIpc) is 2.61. The van der Waals surface area contributed by atoms with E-state index in [1.54, 1.807) is 24.6 Å². The number of esters is 1. The number of nitro benzene ring substituents is 1. The third-order valence-corrected chi connectivity index (χ3v) is 2.90. The standard InChI is InChI=1S/C15H13N3O5.C2H6OS/c1-23-14(19)10-2-4-11(5-3-10)16-15(20)17-12-6-8-13(9-7-12)18(21)22;1-4(2)3/h2-9H,1H3,(H2,16,17,20);1-2H3. The van der Waals surface area contributed by atoms with Gasteiger partial charge in [-0.1, -0.05) is 0 Å². The number of nitrogens with zero attached hydrogens (tertiary/aromatic N) is 1. The summed E-state index contributed by atoms with van der Waals surface area (Å²) in [5.74, 6) is -0.466. The van der Waals surface area contributed by atoms with Gasteiger partial charge in [-0.05, 0) is 36.4 Å². The van der Waals surface area contributed by atoms with Crippen molar-refractivity contribution < 1.29 is 23.5 Å². The van der Waals surface area contributed by atoms with Crippen molar-refractivity contribution in [2.75, 3.05) is 30.3 Å². The van der Waals surface area contributed by atoms with Gasteiger partial charge in [0, 0.05) is 46.8 Å². The summed E-state index contributed by atoms with van der Waals surface area (Å²) >= 11 is 0. The number of rotatable bonds is 4. The van der Waals surface area contributed by atoms with E-state index in [0.29, 0.717) is 16.9 Å². The van der Waals surface area contributed by atoms with E-state index in [4.69, 9.17) is 0 Å². The molecule has 0 aliphatic heterocycles. The molecule has 0 saturated heterocycles. The zero-order valence-electron chi connectivity index (χ0n) is 14.9. The minimum Gasteiger partial charge on any atom is -0.465 e. The molecule has 0 saturated carbocycles. The van der Waals surface area contributed by atoms with Crippen LogP contribution in [-0.4, -0.2) is 40.8 Å². The fourth-order valence-electron chi connectivity index (χ4n) is 1.77. The van der Waals surface area contributed by atoms with Gasteiger partial charge in [0.2, 0.25) is 0 Å². The monoisotopic (exact) mass is 393 g/mol. The lowest BCUT2D eigenvalue weighted by Crippen LogP contribution is -2.19. The summed E-state index contributed by atoms with van der Waals surface area (Å²) in [7, 11) is 0.673. The number of ether oxygens (including phenoxy) is 1. The predicted molar refractivity (Wildman–Crippen MR) is 104 cm³/mol. The summed E-state index contributed by atoms with van der Waals surface area (Å²) in [5, 5.41) is 15.7. The summed E-state index contributed by atoms with van der Waals surface area (Å²) in [5.41, 5.74) is 1.21. The predicted octanol–water partition coefficient (Wildman–Crippen LogP) is 3.02. The van der Waals surface area contributed by atoms with Crippen LogP contribution in [0.25, 0.3) is 0 Å². The molecule has 0 spiro atoms. The van der Waals surface area contributed by atoms with Crippen molar-refractivity contribution in [2.24, 2.45) is 0 Å². The summed E-state index contributed by atoms with van der Waals surface area (Å²) in [4.78, 5) is 33.1. The van der Waals surface area contributed by atoms with E-state index in [1.165, 1.54) is 43.5 Å². The number of methoxy groups -OCH3 is 1. The Bertz CT molecular complexity index is 818. The van der Waals surface area contributed by atoms with Crippen molar-refractivity contribution in [2.45, 2.75) is 0 Å². The molecule has 0 aliphatic rings. The van der Waals surface area contributed by atoms with Crippen LogP contribution in [-0.2, 0) is 15.5 Å². The Kier molecular flexibility index (Phi) is 8.60. The molecule has 27 heavy (non-hydrogen) atoms. The molecule has 2 rings (SSSR count). The van der Waals surface area contributed by atoms with E-state index in [9.17, 15) is 23.9 Å². The smallest absolute Gasteiger partial charge is 0.337 e. The molecular weight excluding hydrogens is 374 g/mol. The Morgan fingerprint density at radius 3 is 1.74 bits per heavy atom. The molecule has 0 atom stereocenters. The van der Waals surface area contributed by atoms with Gasteiger partial charge < -0.3 is 15.4 Å². The number of hydrogen-bond acceptors (Lipinski definition) is 6. The molecule has 2 aromatic carbocycles. The lowest BCUT2D eigenvalue weighted by Gasteiger charge is -2.08. The maximum atomic E-state index is 11.8. The summed E-state index contributed by atoms with van der Waals surface area (Å²) < 4.78 is 14.1. The van der Waals surface area contributed by atoms with Crippen molar-refractivity contribution in [3.63, 3.8) is 0 Å². The quantitative estimate of drug-likeness (QED) is 0.467. The van der Waals surface area contributed by atoms with Crippen molar-refractivity contribution in [1.82, 2.24) is 0 Å². The first-order valence-corrected chi connectivity index (χ1v) is 9.45. The molecule has 0 bridgehead atoms. The number of nitro groups is 1. The van der Waals surface area contributed by atoms with Crippen LogP contribution in [0.5, 0.6) is 0 Å². The zero-order chi connectivity index (χ0) is 20.4. The molecule has 0 heterocycles. The van der Waals surface area contributed by atoms with E-state index in [2.05, 4.69) is 15.4 Å². The normalized spacial score (nSPS) is 9.63. The average molecular weight is 393 g/mol. The van der Waals surface area contributed by atoms with Crippen LogP contribution in [0.1, 0.15) is 10.4 Å².